The van der Waals surface area contributed by atoms with Crippen molar-refractivity contribution in [1.82, 2.24) is 10.2 Å². The van der Waals surface area contributed by atoms with Crippen molar-refractivity contribution < 1.29 is 23.9 Å². The highest BCUT2D eigenvalue weighted by Crippen LogP contribution is 2.30. The maximum absolute atomic E-state index is 12.8. The standard InChI is InChI=1S/C23H31N3O5/c24-13-7-5-3-1-2-4-6-8-14-31-16-9-10-17-18(15-16)23(30)26(22(17)29)19-11-12-20(27)25-21(19)28/h9-10,15,19H,1-8,11-14,24H2,(H,25,27,28). The summed E-state index contributed by atoms with van der Waals surface area (Å²) in [5, 5.41) is 2.19. The van der Waals surface area contributed by atoms with Crippen molar-refractivity contribution in [1.29, 1.82) is 0 Å². The van der Waals surface area contributed by atoms with Gasteiger partial charge in [0.2, 0.25) is 11.8 Å². The van der Waals surface area contributed by atoms with E-state index >= 15 is 0 Å². The number of amides is 4. The molecule has 168 valence electrons. The zero-order chi connectivity index (χ0) is 22.2. The van der Waals surface area contributed by atoms with E-state index in [2.05, 4.69) is 5.32 Å². The highest BCUT2D eigenvalue weighted by Gasteiger charge is 2.44. The second kappa shape index (κ2) is 11.0. The molecule has 31 heavy (non-hydrogen) atoms. The topological polar surface area (TPSA) is 119 Å². The number of piperidine rings is 1. The summed E-state index contributed by atoms with van der Waals surface area (Å²) >= 11 is 0. The van der Waals surface area contributed by atoms with E-state index < -0.39 is 23.8 Å². The summed E-state index contributed by atoms with van der Waals surface area (Å²) < 4.78 is 5.77. The number of ether oxygens (including phenoxy) is 1. The van der Waals surface area contributed by atoms with Crippen LogP contribution in [-0.2, 0) is 9.59 Å². The lowest BCUT2D eigenvalue weighted by Crippen LogP contribution is -2.54. The molecule has 3 N–H and O–H groups in total. The molecule has 2 aliphatic rings. The molecular formula is C23H31N3O5. The van der Waals surface area contributed by atoms with Gasteiger partial charge >= 0.3 is 0 Å². The number of hydrogen-bond donors (Lipinski definition) is 2. The van der Waals surface area contributed by atoms with E-state index in [1.165, 1.54) is 32.1 Å². The van der Waals surface area contributed by atoms with Crippen LogP contribution in [0.3, 0.4) is 0 Å². The fourth-order valence-corrected chi connectivity index (χ4v) is 4.04. The molecule has 0 bridgehead atoms. The van der Waals surface area contributed by atoms with E-state index in [0.717, 1.165) is 30.7 Å². The molecule has 1 atom stereocenters. The molecule has 1 aromatic carbocycles. The molecule has 2 aliphatic heterocycles. The summed E-state index contributed by atoms with van der Waals surface area (Å²) in [7, 11) is 0. The van der Waals surface area contributed by atoms with Crippen molar-refractivity contribution in [2.75, 3.05) is 13.2 Å². The first kappa shape index (κ1) is 22.9. The molecule has 1 fully saturated rings. The summed E-state index contributed by atoms with van der Waals surface area (Å²) in [6.45, 7) is 1.32. The molecule has 0 aliphatic carbocycles. The van der Waals surface area contributed by atoms with Crippen molar-refractivity contribution >= 4 is 23.6 Å². The van der Waals surface area contributed by atoms with Gasteiger partial charge in [0.05, 0.1) is 17.7 Å². The Morgan fingerprint density at radius 3 is 2.23 bits per heavy atom. The molecule has 0 aromatic heterocycles. The Morgan fingerprint density at radius 1 is 0.903 bits per heavy atom. The molecule has 1 saturated heterocycles. The predicted octanol–water partition coefficient (Wildman–Crippen LogP) is 2.55. The Hall–Kier alpha value is -2.74. The lowest BCUT2D eigenvalue weighted by Gasteiger charge is -2.27. The number of imide groups is 2. The van der Waals surface area contributed by atoms with Crippen LogP contribution in [0.15, 0.2) is 18.2 Å². The number of fused-ring (bicyclic) bond motifs is 1. The SMILES string of the molecule is NCCCCCCCCCCOc1ccc2c(c1)C(=O)N(C1CCC(=O)NC1=O)C2=O. The molecule has 0 saturated carbocycles. The molecule has 0 spiro atoms. The average molecular weight is 430 g/mol. The maximum atomic E-state index is 12.8. The van der Waals surface area contributed by atoms with E-state index in [0.29, 0.717) is 12.4 Å². The Morgan fingerprint density at radius 2 is 1.55 bits per heavy atom. The number of nitrogens with one attached hydrogen (secondary N) is 1. The molecule has 0 radical (unpaired) electrons. The molecule has 8 nitrogen and oxygen atoms in total. The van der Waals surface area contributed by atoms with Crippen LogP contribution in [0.25, 0.3) is 0 Å². The second-order valence-electron chi connectivity index (χ2n) is 8.12. The van der Waals surface area contributed by atoms with Crippen LogP contribution in [0, 0.1) is 0 Å². The van der Waals surface area contributed by atoms with Crippen LogP contribution >= 0.6 is 0 Å². The van der Waals surface area contributed by atoms with E-state index in [4.69, 9.17) is 10.5 Å². The first-order valence-electron chi connectivity index (χ1n) is 11.2. The minimum atomic E-state index is -0.954. The number of carbonyl (C=O) groups is 4. The van der Waals surface area contributed by atoms with Crippen molar-refractivity contribution in [3.63, 3.8) is 0 Å². The zero-order valence-electron chi connectivity index (χ0n) is 17.9. The first-order valence-corrected chi connectivity index (χ1v) is 11.2. The minimum absolute atomic E-state index is 0.103. The van der Waals surface area contributed by atoms with Gasteiger partial charge in [0.25, 0.3) is 11.8 Å². The van der Waals surface area contributed by atoms with E-state index in [-0.39, 0.29) is 29.9 Å². The Bertz CT molecular complexity index is 839. The van der Waals surface area contributed by atoms with Crippen LogP contribution < -0.4 is 15.8 Å². The maximum Gasteiger partial charge on any atom is 0.262 e. The number of unbranched alkanes of at least 4 members (excludes halogenated alkanes) is 7. The molecule has 3 rings (SSSR count). The summed E-state index contributed by atoms with van der Waals surface area (Å²) in [6, 6.07) is 3.86. The van der Waals surface area contributed by atoms with Crippen LogP contribution in [0.4, 0.5) is 0 Å². The van der Waals surface area contributed by atoms with Crippen molar-refractivity contribution in [3.8, 4) is 5.75 Å². The quantitative estimate of drug-likeness (QED) is 0.389. The normalized spacial score (nSPS) is 18.4. The smallest absolute Gasteiger partial charge is 0.262 e. The molecule has 2 heterocycles. The fourth-order valence-electron chi connectivity index (χ4n) is 4.04. The Balaban J connectivity index is 1.46. The van der Waals surface area contributed by atoms with Gasteiger partial charge < -0.3 is 10.5 Å². The summed E-state index contributed by atoms with van der Waals surface area (Å²) in [5.74, 6) is -1.49. The first-order chi connectivity index (χ1) is 15.0. The molecule has 4 amide bonds. The van der Waals surface area contributed by atoms with Crippen molar-refractivity contribution in [2.45, 2.75) is 70.3 Å². The largest absolute Gasteiger partial charge is 0.494 e. The summed E-state index contributed by atoms with van der Waals surface area (Å²) in [6.07, 6.45) is 9.45. The third-order valence-electron chi connectivity index (χ3n) is 5.78. The monoisotopic (exact) mass is 429 g/mol. The number of rotatable bonds is 12. The van der Waals surface area contributed by atoms with Crippen LogP contribution in [0.5, 0.6) is 5.75 Å². The average Bonchev–Trinajstić information content (AvgIpc) is 2.99. The molecule has 1 unspecified atom stereocenters. The fraction of sp³-hybridized carbons (Fsp3) is 0.565. The van der Waals surface area contributed by atoms with Crippen LogP contribution in [0.1, 0.15) is 84.9 Å². The minimum Gasteiger partial charge on any atom is -0.494 e. The van der Waals surface area contributed by atoms with Gasteiger partial charge in [0, 0.05) is 6.42 Å². The molecule has 8 heteroatoms. The molecular weight excluding hydrogens is 398 g/mol. The number of benzene rings is 1. The number of carbonyl (C=O) groups excluding carboxylic acids is 4. The number of nitrogens with two attached hydrogens (primary N) is 1. The predicted molar refractivity (Wildman–Crippen MR) is 115 cm³/mol. The van der Waals surface area contributed by atoms with Gasteiger partial charge in [0.15, 0.2) is 0 Å². The van der Waals surface area contributed by atoms with Crippen molar-refractivity contribution in [3.05, 3.63) is 29.3 Å². The van der Waals surface area contributed by atoms with Gasteiger partial charge in [-0.25, -0.2) is 0 Å². The van der Waals surface area contributed by atoms with Gasteiger partial charge in [0.1, 0.15) is 11.8 Å². The van der Waals surface area contributed by atoms with Gasteiger partial charge in [-0.15, -0.1) is 0 Å². The van der Waals surface area contributed by atoms with E-state index in [9.17, 15) is 19.2 Å². The van der Waals surface area contributed by atoms with E-state index in [1.807, 2.05) is 0 Å². The van der Waals surface area contributed by atoms with Crippen molar-refractivity contribution in [2.24, 2.45) is 5.73 Å². The lowest BCUT2D eigenvalue weighted by molar-refractivity contribution is -0.136. The van der Waals surface area contributed by atoms with Gasteiger partial charge in [-0.3, -0.25) is 29.4 Å². The van der Waals surface area contributed by atoms with Gasteiger partial charge in [-0.05, 0) is 44.0 Å². The summed E-state index contributed by atoms with van der Waals surface area (Å²) in [4.78, 5) is 49.9. The van der Waals surface area contributed by atoms with E-state index in [1.54, 1.807) is 18.2 Å². The van der Waals surface area contributed by atoms with Crippen LogP contribution in [0.2, 0.25) is 0 Å². The summed E-state index contributed by atoms with van der Waals surface area (Å²) in [5.41, 5.74) is 5.99. The third-order valence-corrected chi connectivity index (χ3v) is 5.78. The Kier molecular flexibility index (Phi) is 8.17. The highest BCUT2D eigenvalue weighted by atomic mass is 16.5. The lowest BCUT2D eigenvalue weighted by atomic mass is 10.0. The Labute approximate surface area is 182 Å². The number of nitrogens with zero attached hydrogens (tertiary/aromatic N) is 1. The highest BCUT2D eigenvalue weighted by molar-refractivity contribution is 6.23. The zero-order valence-corrected chi connectivity index (χ0v) is 17.9. The number of hydrogen-bond acceptors (Lipinski definition) is 6. The molecule has 1 aromatic rings. The van der Waals surface area contributed by atoms with Crippen LogP contribution in [-0.4, -0.2) is 47.7 Å². The van der Waals surface area contributed by atoms with Gasteiger partial charge in [-0.2, -0.15) is 0 Å². The third kappa shape index (κ3) is 5.70. The van der Waals surface area contributed by atoms with Gasteiger partial charge in [-0.1, -0.05) is 38.5 Å². The second-order valence-corrected chi connectivity index (χ2v) is 8.12.